The molecule has 1 atom stereocenters. The van der Waals surface area contributed by atoms with Crippen LogP contribution >= 0.6 is 0 Å². The molecule has 0 amide bonds. The number of sulfone groups is 1. The van der Waals surface area contributed by atoms with Crippen molar-refractivity contribution in [2.75, 3.05) is 18.6 Å². The standard InChI is InChI=1S/C19H20N2O2S/c1-21(18-10-11-24(22,23)14-18)13-15-6-8-16(9-7-15)19-5-3-2-4-17(19)12-20/h2-9,18H,10-11,13-14H2,1H3/t18-/m1/s1. The van der Waals surface area contributed by atoms with E-state index < -0.39 is 9.84 Å². The molecule has 4 nitrogen and oxygen atoms in total. The van der Waals surface area contributed by atoms with Gasteiger partial charge in [-0.3, -0.25) is 4.90 Å². The van der Waals surface area contributed by atoms with Gasteiger partial charge in [0, 0.05) is 12.6 Å². The van der Waals surface area contributed by atoms with Crippen molar-refractivity contribution in [2.24, 2.45) is 0 Å². The maximum atomic E-state index is 11.6. The van der Waals surface area contributed by atoms with Gasteiger partial charge in [-0.25, -0.2) is 8.42 Å². The highest BCUT2D eigenvalue weighted by Gasteiger charge is 2.30. The third-order valence-corrected chi connectivity index (χ3v) is 6.33. The predicted molar refractivity (Wildman–Crippen MR) is 95.1 cm³/mol. The third-order valence-electron chi connectivity index (χ3n) is 4.58. The largest absolute Gasteiger partial charge is 0.298 e. The van der Waals surface area contributed by atoms with E-state index in [4.69, 9.17) is 0 Å². The summed E-state index contributed by atoms with van der Waals surface area (Å²) in [5.74, 6) is 0.559. The molecule has 0 N–H and O–H groups in total. The van der Waals surface area contributed by atoms with Crippen molar-refractivity contribution < 1.29 is 8.42 Å². The summed E-state index contributed by atoms with van der Waals surface area (Å²) in [5.41, 5.74) is 3.75. The average molecular weight is 340 g/mol. The summed E-state index contributed by atoms with van der Waals surface area (Å²) in [6, 6.07) is 18.0. The molecule has 1 heterocycles. The Labute approximate surface area is 143 Å². The Hall–Kier alpha value is -2.16. The van der Waals surface area contributed by atoms with Gasteiger partial charge in [0.1, 0.15) is 0 Å². The molecular formula is C19H20N2O2S. The Balaban J connectivity index is 1.72. The van der Waals surface area contributed by atoms with Gasteiger partial charge >= 0.3 is 0 Å². The van der Waals surface area contributed by atoms with Crippen LogP contribution in [0.3, 0.4) is 0 Å². The number of nitriles is 1. The van der Waals surface area contributed by atoms with Crippen LogP contribution in [0.5, 0.6) is 0 Å². The Bertz CT molecular complexity index is 867. The number of hydrogen-bond acceptors (Lipinski definition) is 4. The Morgan fingerprint density at radius 1 is 1.17 bits per heavy atom. The molecule has 1 saturated heterocycles. The monoisotopic (exact) mass is 340 g/mol. The first-order valence-corrected chi connectivity index (χ1v) is 9.80. The molecule has 2 aromatic rings. The molecule has 0 aliphatic carbocycles. The number of nitrogens with zero attached hydrogens (tertiary/aromatic N) is 2. The minimum atomic E-state index is -2.86. The van der Waals surface area contributed by atoms with E-state index in [0.29, 0.717) is 17.7 Å². The van der Waals surface area contributed by atoms with E-state index >= 15 is 0 Å². The number of benzene rings is 2. The van der Waals surface area contributed by atoms with Gasteiger partial charge < -0.3 is 0 Å². The van der Waals surface area contributed by atoms with Crippen molar-refractivity contribution in [3.05, 3.63) is 59.7 Å². The molecule has 0 bridgehead atoms. The zero-order valence-corrected chi connectivity index (χ0v) is 14.5. The minimum Gasteiger partial charge on any atom is -0.298 e. The van der Waals surface area contributed by atoms with Crippen molar-refractivity contribution in [3.63, 3.8) is 0 Å². The van der Waals surface area contributed by atoms with Gasteiger partial charge in [0.05, 0.1) is 23.1 Å². The zero-order valence-electron chi connectivity index (χ0n) is 13.6. The lowest BCUT2D eigenvalue weighted by Crippen LogP contribution is -2.32. The van der Waals surface area contributed by atoms with Crippen molar-refractivity contribution in [1.29, 1.82) is 5.26 Å². The van der Waals surface area contributed by atoms with E-state index in [1.54, 1.807) is 0 Å². The maximum Gasteiger partial charge on any atom is 0.151 e. The molecule has 1 fully saturated rings. The van der Waals surface area contributed by atoms with E-state index in [2.05, 4.69) is 11.0 Å². The van der Waals surface area contributed by atoms with Gasteiger partial charge in [-0.15, -0.1) is 0 Å². The summed E-state index contributed by atoms with van der Waals surface area (Å²) >= 11 is 0. The second-order valence-electron chi connectivity index (χ2n) is 6.33. The maximum absolute atomic E-state index is 11.6. The van der Waals surface area contributed by atoms with Gasteiger partial charge in [0.2, 0.25) is 0 Å². The van der Waals surface area contributed by atoms with E-state index in [1.165, 1.54) is 0 Å². The summed E-state index contributed by atoms with van der Waals surface area (Å²) in [6.45, 7) is 0.723. The molecule has 0 radical (unpaired) electrons. The molecule has 24 heavy (non-hydrogen) atoms. The second kappa shape index (κ2) is 6.76. The Morgan fingerprint density at radius 3 is 2.50 bits per heavy atom. The van der Waals surface area contributed by atoms with E-state index in [9.17, 15) is 13.7 Å². The smallest absolute Gasteiger partial charge is 0.151 e. The molecule has 3 rings (SSSR count). The summed E-state index contributed by atoms with van der Waals surface area (Å²) in [4.78, 5) is 2.11. The van der Waals surface area contributed by atoms with Crippen LogP contribution in [0.4, 0.5) is 0 Å². The topological polar surface area (TPSA) is 61.2 Å². The van der Waals surface area contributed by atoms with Gasteiger partial charge in [-0.05, 0) is 36.2 Å². The average Bonchev–Trinajstić information content (AvgIpc) is 2.96. The lowest BCUT2D eigenvalue weighted by atomic mass is 9.99. The molecule has 1 aliphatic heterocycles. The van der Waals surface area contributed by atoms with Gasteiger partial charge in [0.15, 0.2) is 9.84 Å². The van der Waals surface area contributed by atoms with Gasteiger partial charge in [-0.1, -0.05) is 42.5 Å². The SMILES string of the molecule is CN(Cc1ccc(-c2ccccc2C#N)cc1)[C@@H]1CCS(=O)(=O)C1. The van der Waals surface area contributed by atoms with E-state index in [-0.39, 0.29) is 11.8 Å². The van der Waals surface area contributed by atoms with Crippen molar-refractivity contribution in [2.45, 2.75) is 19.0 Å². The first-order chi connectivity index (χ1) is 11.5. The third kappa shape index (κ3) is 3.66. The molecule has 0 unspecified atom stereocenters. The van der Waals surface area contributed by atoms with Crippen LogP contribution in [0.25, 0.3) is 11.1 Å². The van der Waals surface area contributed by atoms with Crippen molar-refractivity contribution in [3.8, 4) is 17.2 Å². The minimum absolute atomic E-state index is 0.106. The lowest BCUT2D eigenvalue weighted by molar-refractivity contribution is 0.254. The first-order valence-electron chi connectivity index (χ1n) is 7.97. The van der Waals surface area contributed by atoms with Crippen LogP contribution in [-0.2, 0) is 16.4 Å². The quantitative estimate of drug-likeness (QED) is 0.859. The second-order valence-corrected chi connectivity index (χ2v) is 8.56. The molecule has 5 heteroatoms. The molecule has 0 aromatic heterocycles. The summed E-state index contributed by atoms with van der Waals surface area (Å²) < 4.78 is 23.2. The number of hydrogen-bond donors (Lipinski definition) is 0. The highest BCUT2D eigenvalue weighted by Crippen LogP contribution is 2.24. The Kier molecular flexibility index (Phi) is 4.70. The van der Waals surface area contributed by atoms with Crippen LogP contribution in [0.1, 0.15) is 17.5 Å². The fourth-order valence-electron chi connectivity index (χ4n) is 3.16. The van der Waals surface area contributed by atoms with Crippen LogP contribution in [0, 0.1) is 11.3 Å². The lowest BCUT2D eigenvalue weighted by Gasteiger charge is -2.23. The summed E-state index contributed by atoms with van der Waals surface area (Å²) in [6.07, 6.45) is 0.715. The van der Waals surface area contributed by atoms with Crippen LogP contribution in [0.15, 0.2) is 48.5 Å². The zero-order chi connectivity index (χ0) is 17.2. The molecular weight excluding hydrogens is 320 g/mol. The van der Waals surface area contributed by atoms with Crippen LogP contribution in [0.2, 0.25) is 0 Å². The van der Waals surface area contributed by atoms with Crippen molar-refractivity contribution >= 4 is 9.84 Å². The molecule has 2 aromatic carbocycles. The van der Waals surface area contributed by atoms with Gasteiger partial charge in [0.25, 0.3) is 0 Å². The van der Waals surface area contributed by atoms with Crippen LogP contribution < -0.4 is 0 Å². The fraction of sp³-hybridized carbons (Fsp3) is 0.316. The highest BCUT2D eigenvalue weighted by atomic mass is 32.2. The first kappa shape index (κ1) is 16.7. The Morgan fingerprint density at radius 2 is 1.88 bits per heavy atom. The summed E-state index contributed by atoms with van der Waals surface area (Å²) in [7, 11) is -0.879. The van der Waals surface area contributed by atoms with Crippen molar-refractivity contribution in [1.82, 2.24) is 4.90 Å². The molecule has 1 aliphatic rings. The molecule has 0 spiro atoms. The number of rotatable bonds is 4. The fourth-order valence-corrected chi connectivity index (χ4v) is 4.97. The normalized spacial score (nSPS) is 19.3. The van der Waals surface area contributed by atoms with Crippen LogP contribution in [-0.4, -0.2) is 37.9 Å². The molecule has 0 saturated carbocycles. The van der Waals surface area contributed by atoms with E-state index in [0.717, 1.165) is 23.2 Å². The highest BCUT2D eigenvalue weighted by molar-refractivity contribution is 7.91. The van der Waals surface area contributed by atoms with Gasteiger partial charge in [-0.2, -0.15) is 5.26 Å². The summed E-state index contributed by atoms with van der Waals surface area (Å²) in [5, 5.41) is 9.21. The van der Waals surface area contributed by atoms with E-state index in [1.807, 2.05) is 55.6 Å². The predicted octanol–water partition coefficient (Wildman–Crippen LogP) is 2.84. The molecule has 124 valence electrons.